The van der Waals surface area contributed by atoms with Crippen molar-refractivity contribution >= 4 is 111 Å². The molecule has 0 nitrogen and oxygen atoms in total. The molecule has 0 N–H and O–H groups in total. The molecule has 0 saturated carbocycles. The summed E-state index contributed by atoms with van der Waals surface area (Å²) in [5, 5.41) is 0. The standard InChI is InChI=1S/7ClH.Fe.Sb.3H/h7*1H;;;;;. The van der Waals surface area contributed by atoms with Crippen LogP contribution in [0.1, 0.15) is 0 Å². The molecule has 0 atom stereocenters. The molecule has 0 radical (unpaired) electrons. The van der Waals surface area contributed by atoms with Gasteiger partial charge >= 0.3 is 24.4 Å². The molecular formula is H10Cl7FeSb. The predicted molar refractivity (Wildman–Crippen MR) is 60.7 cm³/mol. The fourth-order valence-electron chi connectivity index (χ4n) is 0. The van der Waals surface area contributed by atoms with Gasteiger partial charge in [-0.1, -0.05) is 0 Å². The first kappa shape index (κ1) is 141. The van der Waals surface area contributed by atoms with Crippen LogP contribution in [0.3, 0.4) is 0 Å². The second kappa shape index (κ2) is 108. The van der Waals surface area contributed by atoms with Gasteiger partial charge in [-0.3, -0.25) is 0 Å². The van der Waals surface area contributed by atoms with E-state index in [9.17, 15) is 0 Å². The first-order valence-corrected chi connectivity index (χ1v) is 0. The zero-order chi connectivity index (χ0) is 0. The van der Waals surface area contributed by atoms with Gasteiger partial charge in [0, 0.05) is 17.1 Å². The monoisotopic (exact) mass is 432 g/mol. The molecule has 0 aliphatic heterocycles. The number of hydrogen-bond donors (Lipinski definition) is 0. The Morgan fingerprint density at radius 1 is 0.333 bits per heavy atom. The normalized spacial score (nSPS) is 0. The number of halogens is 7. The van der Waals surface area contributed by atoms with Crippen LogP contribution in [0.15, 0.2) is 0 Å². The molecule has 72 valence electrons. The van der Waals surface area contributed by atoms with Gasteiger partial charge in [-0.05, 0) is 0 Å². The van der Waals surface area contributed by atoms with Crippen molar-refractivity contribution in [1.82, 2.24) is 0 Å². The topological polar surface area (TPSA) is 0 Å². The minimum absolute atomic E-state index is 0. The molecule has 0 aliphatic rings. The van der Waals surface area contributed by atoms with Gasteiger partial charge in [-0.15, -0.1) is 86.8 Å². The third-order valence-electron chi connectivity index (χ3n) is 0. The average Bonchev–Trinajstić information content (AvgIpc) is 0. The second-order valence-electron chi connectivity index (χ2n) is 0. The van der Waals surface area contributed by atoms with Crippen molar-refractivity contribution in [3.63, 3.8) is 0 Å². The Morgan fingerprint density at radius 3 is 0.333 bits per heavy atom. The van der Waals surface area contributed by atoms with E-state index in [1.807, 2.05) is 0 Å². The van der Waals surface area contributed by atoms with Crippen molar-refractivity contribution < 1.29 is 17.1 Å². The molecule has 0 saturated heterocycles. The van der Waals surface area contributed by atoms with Crippen LogP contribution in [0, 0.1) is 0 Å². The molecule has 0 unspecified atom stereocenters. The molecule has 0 aliphatic carbocycles. The molecule has 0 aromatic rings. The van der Waals surface area contributed by atoms with Crippen LogP contribution >= 0.6 is 86.8 Å². The molecular weight excluding hydrogens is 426 g/mol. The van der Waals surface area contributed by atoms with Crippen molar-refractivity contribution in [3.05, 3.63) is 0 Å². The SMILES string of the molecule is Cl.Cl.Cl.Cl.Cl.Cl.Cl.[Fe].[SbH3]. The summed E-state index contributed by atoms with van der Waals surface area (Å²) >= 11 is 0. The van der Waals surface area contributed by atoms with E-state index in [2.05, 4.69) is 0 Å². The van der Waals surface area contributed by atoms with Crippen molar-refractivity contribution in [2.24, 2.45) is 0 Å². The van der Waals surface area contributed by atoms with Crippen LogP contribution < -0.4 is 0 Å². The number of hydrogen-bond acceptors (Lipinski definition) is 0. The van der Waals surface area contributed by atoms with Gasteiger partial charge in [0.15, 0.2) is 0 Å². The summed E-state index contributed by atoms with van der Waals surface area (Å²) in [6.07, 6.45) is 0. The molecule has 0 rings (SSSR count). The Balaban J connectivity index is 0. The molecule has 9 heavy (non-hydrogen) atoms. The first-order valence-electron chi connectivity index (χ1n) is 0. The van der Waals surface area contributed by atoms with E-state index in [0.29, 0.717) is 0 Å². The maximum atomic E-state index is 0. The van der Waals surface area contributed by atoms with E-state index >= 15 is 0 Å². The van der Waals surface area contributed by atoms with Crippen molar-refractivity contribution in [2.75, 3.05) is 0 Å². The summed E-state index contributed by atoms with van der Waals surface area (Å²) in [6.45, 7) is 0. The summed E-state index contributed by atoms with van der Waals surface area (Å²) in [5.74, 6) is 0. The van der Waals surface area contributed by atoms with Crippen LogP contribution in [0.25, 0.3) is 0 Å². The number of rotatable bonds is 0. The molecule has 0 amide bonds. The van der Waals surface area contributed by atoms with E-state index in [-0.39, 0.29) is 128 Å². The van der Waals surface area contributed by atoms with Crippen LogP contribution in [0.4, 0.5) is 0 Å². The van der Waals surface area contributed by atoms with Gasteiger partial charge in [0.2, 0.25) is 0 Å². The Kier molecular flexibility index (Phi) is 1690. The molecule has 0 fully saturated rings. The summed E-state index contributed by atoms with van der Waals surface area (Å²) in [5.41, 5.74) is 0. The third-order valence-corrected chi connectivity index (χ3v) is 0. The zero-order valence-corrected chi connectivity index (χ0v) is 14.8. The van der Waals surface area contributed by atoms with Crippen molar-refractivity contribution in [1.29, 1.82) is 0 Å². The van der Waals surface area contributed by atoms with Gasteiger partial charge < -0.3 is 0 Å². The van der Waals surface area contributed by atoms with Gasteiger partial charge in [0.25, 0.3) is 0 Å². The Labute approximate surface area is 127 Å². The second-order valence-corrected chi connectivity index (χ2v) is 0. The van der Waals surface area contributed by atoms with E-state index < -0.39 is 0 Å². The quantitative estimate of drug-likeness (QED) is 0.509. The zero-order valence-electron chi connectivity index (χ0n) is 3.92. The maximum absolute atomic E-state index is 0. The van der Waals surface area contributed by atoms with Gasteiger partial charge in [0.05, 0.1) is 0 Å². The Morgan fingerprint density at radius 2 is 0.333 bits per heavy atom. The summed E-state index contributed by atoms with van der Waals surface area (Å²) < 4.78 is 0. The van der Waals surface area contributed by atoms with Gasteiger partial charge in [0.1, 0.15) is 0 Å². The van der Waals surface area contributed by atoms with E-state index in [1.165, 1.54) is 0 Å². The van der Waals surface area contributed by atoms with Crippen LogP contribution in [-0.2, 0) is 17.1 Å². The predicted octanol–water partition coefficient (Wildman–Crippen LogP) is 1.77. The van der Waals surface area contributed by atoms with Crippen molar-refractivity contribution in [2.45, 2.75) is 0 Å². The van der Waals surface area contributed by atoms with Crippen LogP contribution in [0.2, 0.25) is 0 Å². The molecule has 0 bridgehead atoms. The van der Waals surface area contributed by atoms with Gasteiger partial charge in [-0.2, -0.15) is 0 Å². The van der Waals surface area contributed by atoms with Crippen molar-refractivity contribution in [3.8, 4) is 0 Å². The summed E-state index contributed by atoms with van der Waals surface area (Å²) in [4.78, 5) is 0. The first-order chi connectivity index (χ1) is 0. The molecule has 0 spiro atoms. The molecule has 0 aromatic heterocycles. The fourth-order valence-corrected chi connectivity index (χ4v) is 0. The minimum atomic E-state index is 0. The molecule has 9 heteroatoms. The van der Waals surface area contributed by atoms with Crippen LogP contribution in [0.5, 0.6) is 0 Å². The van der Waals surface area contributed by atoms with Gasteiger partial charge in [-0.25, -0.2) is 0 Å². The Bertz CT molecular complexity index is 8.88. The Hall–Kier alpha value is 3.37. The van der Waals surface area contributed by atoms with E-state index in [0.717, 1.165) is 0 Å². The summed E-state index contributed by atoms with van der Waals surface area (Å²) in [7, 11) is 0. The molecule has 0 aromatic carbocycles. The van der Waals surface area contributed by atoms with E-state index in [4.69, 9.17) is 0 Å². The molecule has 0 heterocycles. The third kappa shape index (κ3) is 88.0. The van der Waals surface area contributed by atoms with Crippen LogP contribution in [-0.4, -0.2) is 24.4 Å². The van der Waals surface area contributed by atoms with E-state index in [1.54, 1.807) is 0 Å². The summed E-state index contributed by atoms with van der Waals surface area (Å²) in [6, 6.07) is 0. The fraction of sp³-hybridized carbons (Fsp3) is 0. The average molecular weight is 436 g/mol.